The molecular formula is C19H26ClN5O2. The second-order valence-corrected chi connectivity index (χ2v) is 7.12. The maximum absolute atomic E-state index is 6.01. The summed E-state index contributed by atoms with van der Waals surface area (Å²) in [7, 11) is 3.77. The zero-order valence-corrected chi connectivity index (χ0v) is 16.6. The van der Waals surface area contributed by atoms with Crippen LogP contribution in [-0.4, -0.2) is 61.4 Å². The predicted molar refractivity (Wildman–Crippen MR) is 106 cm³/mol. The SMILES string of the molecule is CN=C(NCCc1nc(-c2cccc(Cl)c2)no1)N(C)CCOCC1CC1. The number of nitrogens with zero attached hydrogens (tertiary/aromatic N) is 4. The number of hydrogen-bond acceptors (Lipinski definition) is 5. The second-order valence-electron chi connectivity index (χ2n) is 6.69. The number of aromatic nitrogens is 2. The summed E-state index contributed by atoms with van der Waals surface area (Å²) in [6.07, 6.45) is 3.24. The van der Waals surface area contributed by atoms with Gasteiger partial charge in [0.15, 0.2) is 5.96 Å². The van der Waals surface area contributed by atoms with E-state index in [1.807, 2.05) is 31.3 Å². The number of nitrogens with one attached hydrogen (secondary N) is 1. The number of aliphatic imine (C=N–C) groups is 1. The quantitative estimate of drug-likeness (QED) is 0.402. The van der Waals surface area contributed by atoms with Gasteiger partial charge in [0.25, 0.3) is 0 Å². The third-order valence-electron chi connectivity index (χ3n) is 4.37. The maximum atomic E-state index is 6.01. The Kier molecular flexibility index (Phi) is 7.06. The first kappa shape index (κ1) is 19.6. The van der Waals surface area contributed by atoms with Gasteiger partial charge in [0.2, 0.25) is 11.7 Å². The number of likely N-dealkylation sites (N-methyl/N-ethyl adjacent to an activating group) is 1. The molecule has 0 aliphatic heterocycles. The van der Waals surface area contributed by atoms with Crippen molar-refractivity contribution in [2.45, 2.75) is 19.3 Å². The average molecular weight is 392 g/mol. The third-order valence-corrected chi connectivity index (χ3v) is 4.60. The standard InChI is InChI=1S/C19H26ClN5O2/c1-21-19(25(2)10-11-26-13-14-6-7-14)22-9-8-17-23-18(24-27-17)15-4-3-5-16(20)12-15/h3-5,12,14H,6-11,13H2,1-2H3,(H,21,22). The number of halogens is 1. The lowest BCUT2D eigenvalue weighted by atomic mass is 10.2. The predicted octanol–water partition coefficient (Wildman–Crippen LogP) is 2.87. The normalized spacial score (nSPS) is 14.4. The summed E-state index contributed by atoms with van der Waals surface area (Å²) in [5.41, 5.74) is 0.840. The molecule has 1 aromatic heterocycles. The second kappa shape index (κ2) is 9.71. The van der Waals surface area contributed by atoms with E-state index in [2.05, 4.69) is 25.3 Å². The fourth-order valence-corrected chi connectivity index (χ4v) is 2.80. The molecular weight excluding hydrogens is 366 g/mol. The van der Waals surface area contributed by atoms with Crippen molar-refractivity contribution in [3.05, 3.63) is 35.2 Å². The van der Waals surface area contributed by atoms with Gasteiger partial charge in [0.05, 0.1) is 6.61 Å². The molecule has 1 saturated carbocycles. The highest BCUT2D eigenvalue weighted by Gasteiger charge is 2.21. The Morgan fingerprint density at radius 1 is 1.44 bits per heavy atom. The summed E-state index contributed by atoms with van der Waals surface area (Å²) in [6.45, 7) is 3.04. The summed E-state index contributed by atoms with van der Waals surface area (Å²) >= 11 is 6.01. The summed E-state index contributed by atoms with van der Waals surface area (Å²) < 4.78 is 11.0. The Balaban J connectivity index is 1.41. The van der Waals surface area contributed by atoms with E-state index >= 15 is 0 Å². The molecule has 8 heteroatoms. The van der Waals surface area contributed by atoms with E-state index in [1.165, 1.54) is 12.8 Å². The molecule has 0 atom stereocenters. The molecule has 2 aromatic rings. The van der Waals surface area contributed by atoms with Gasteiger partial charge in [0, 0.05) is 50.8 Å². The first-order chi connectivity index (χ1) is 13.2. The molecule has 1 aliphatic carbocycles. The van der Waals surface area contributed by atoms with Crippen LogP contribution >= 0.6 is 11.6 Å². The summed E-state index contributed by atoms with van der Waals surface area (Å²) in [5, 5.41) is 7.98. The van der Waals surface area contributed by atoms with Crippen LogP contribution in [0.1, 0.15) is 18.7 Å². The Labute approximate surface area is 164 Å². The molecule has 0 unspecified atom stereocenters. The van der Waals surface area contributed by atoms with Crippen molar-refractivity contribution in [2.75, 3.05) is 40.4 Å². The lowest BCUT2D eigenvalue weighted by molar-refractivity contribution is 0.115. The molecule has 146 valence electrons. The van der Waals surface area contributed by atoms with Gasteiger partial charge in [0.1, 0.15) is 0 Å². The molecule has 1 aliphatic rings. The minimum Gasteiger partial charge on any atom is -0.379 e. The number of benzene rings is 1. The Morgan fingerprint density at radius 3 is 3.04 bits per heavy atom. The van der Waals surface area contributed by atoms with Gasteiger partial charge in [-0.2, -0.15) is 4.98 Å². The highest BCUT2D eigenvalue weighted by Crippen LogP contribution is 2.28. The molecule has 0 saturated heterocycles. The van der Waals surface area contributed by atoms with E-state index in [9.17, 15) is 0 Å². The van der Waals surface area contributed by atoms with Crippen LogP contribution in [0.3, 0.4) is 0 Å². The molecule has 1 heterocycles. The lowest BCUT2D eigenvalue weighted by Crippen LogP contribution is -2.41. The number of ether oxygens (including phenoxy) is 1. The maximum Gasteiger partial charge on any atom is 0.228 e. The van der Waals surface area contributed by atoms with Gasteiger partial charge in [-0.1, -0.05) is 28.9 Å². The van der Waals surface area contributed by atoms with Crippen molar-refractivity contribution in [1.82, 2.24) is 20.4 Å². The van der Waals surface area contributed by atoms with Crippen molar-refractivity contribution < 1.29 is 9.26 Å². The molecule has 27 heavy (non-hydrogen) atoms. The fraction of sp³-hybridized carbons (Fsp3) is 0.526. The van der Waals surface area contributed by atoms with Crippen molar-refractivity contribution >= 4 is 17.6 Å². The van der Waals surface area contributed by atoms with Crippen molar-refractivity contribution in [2.24, 2.45) is 10.9 Å². The van der Waals surface area contributed by atoms with E-state index in [1.54, 1.807) is 7.05 Å². The summed E-state index contributed by atoms with van der Waals surface area (Å²) in [6, 6.07) is 7.40. The number of guanidine groups is 1. The van der Waals surface area contributed by atoms with Gasteiger partial charge < -0.3 is 19.5 Å². The topological polar surface area (TPSA) is 75.8 Å². The summed E-state index contributed by atoms with van der Waals surface area (Å²) in [5.74, 6) is 2.73. The molecule has 0 radical (unpaired) electrons. The minimum atomic E-state index is 0.543. The smallest absolute Gasteiger partial charge is 0.228 e. The van der Waals surface area contributed by atoms with Crippen LogP contribution in [0.2, 0.25) is 5.02 Å². The average Bonchev–Trinajstić information content (AvgIpc) is 3.37. The van der Waals surface area contributed by atoms with Crippen LogP contribution in [0.25, 0.3) is 11.4 Å². The summed E-state index contributed by atoms with van der Waals surface area (Å²) in [4.78, 5) is 10.8. The van der Waals surface area contributed by atoms with Gasteiger partial charge in [-0.15, -0.1) is 0 Å². The third kappa shape index (κ3) is 6.22. The lowest BCUT2D eigenvalue weighted by Gasteiger charge is -2.21. The Hall–Kier alpha value is -2.12. The minimum absolute atomic E-state index is 0.543. The largest absolute Gasteiger partial charge is 0.379 e. The van der Waals surface area contributed by atoms with E-state index in [0.717, 1.165) is 30.6 Å². The van der Waals surface area contributed by atoms with Crippen LogP contribution < -0.4 is 5.32 Å². The molecule has 7 nitrogen and oxygen atoms in total. The molecule has 1 fully saturated rings. The van der Waals surface area contributed by atoms with Gasteiger partial charge >= 0.3 is 0 Å². The van der Waals surface area contributed by atoms with Gasteiger partial charge in [-0.25, -0.2) is 0 Å². The highest BCUT2D eigenvalue weighted by molar-refractivity contribution is 6.30. The van der Waals surface area contributed by atoms with Crippen LogP contribution in [0, 0.1) is 5.92 Å². The fourth-order valence-electron chi connectivity index (χ4n) is 2.61. The molecule has 0 bridgehead atoms. The zero-order valence-electron chi connectivity index (χ0n) is 15.8. The van der Waals surface area contributed by atoms with Crippen molar-refractivity contribution in [3.8, 4) is 11.4 Å². The van der Waals surface area contributed by atoms with Crippen LogP contribution in [-0.2, 0) is 11.2 Å². The van der Waals surface area contributed by atoms with E-state index in [-0.39, 0.29) is 0 Å². The molecule has 3 rings (SSSR count). The van der Waals surface area contributed by atoms with E-state index < -0.39 is 0 Å². The van der Waals surface area contributed by atoms with Crippen LogP contribution in [0.4, 0.5) is 0 Å². The van der Waals surface area contributed by atoms with Crippen LogP contribution in [0.15, 0.2) is 33.8 Å². The van der Waals surface area contributed by atoms with Crippen molar-refractivity contribution in [1.29, 1.82) is 0 Å². The molecule has 0 spiro atoms. The number of rotatable bonds is 9. The monoisotopic (exact) mass is 391 g/mol. The van der Waals surface area contributed by atoms with Crippen molar-refractivity contribution in [3.63, 3.8) is 0 Å². The first-order valence-electron chi connectivity index (χ1n) is 9.23. The molecule has 0 amide bonds. The Bertz CT molecular complexity index is 760. The van der Waals surface area contributed by atoms with Gasteiger partial charge in [-0.3, -0.25) is 4.99 Å². The van der Waals surface area contributed by atoms with Gasteiger partial charge in [-0.05, 0) is 30.9 Å². The highest BCUT2D eigenvalue weighted by atomic mass is 35.5. The molecule has 1 N–H and O–H groups in total. The Morgan fingerprint density at radius 2 is 2.30 bits per heavy atom. The zero-order chi connectivity index (χ0) is 19.1. The first-order valence-corrected chi connectivity index (χ1v) is 9.61. The van der Waals surface area contributed by atoms with E-state index in [0.29, 0.717) is 36.3 Å². The van der Waals surface area contributed by atoms with Crippen LogP contribution in [0.5, 0.6) is 0 Å². The van der Waals surface area contributed by atoms with E-state index in [4.69, 9.17) is 20.9 Å². The molecule has 1 aromatic carbocycles. The number of hydrogen-bond donors (Lipinski definition) is 1.